The predicted molar refractivity (Wildman–Crippen MR) is 93.7 cm³/mol. The standard InChI is InChI=1S/C19H19F3N2O2/c1-12-6-4-5-7-15(12)24-17(26)18(2,3)16(25)23-14-10-8-13(9-11-14)19(20,21)22/h4-11H,1-3H3,(H,23,25)(H,24,26). The molecule has 0 saturated carbocycles. The Morgan fingerprint density at radius 3 is 1.92 bits per heavy atom. The minimum absolute atomic E-state index is 0.180. The fourth-order valence-electron chi connectivity index (χ4n) is 2.12. The topological polar surface area (TPSA) is 58.2 Å². The van der Waals surface area contributed by atoms with Gasteiger partial charge in [-0.3, -0.25) is 9.59 Å². The number of anilines is 2. The van der Waals surface area contributed by atoms with Crippen LogP contribution in [-0.4, -0.2) is 11.8 Å². The lowest BCUT2D eigenvalue weighted by molar-refractivity contribution is -0.137. The van der Waals surface area contributed by atoms with Crippen LogP contribution in [0, 0.1) is 12.3 Å². The maximum Gasteiger partial charge on any atom is 0.416 e. The smallest absolute Gasteiger partial charge is 0.325 e. The molecule has 7 heteroatoms. The van der Waals surface area contributed by atoms with Gasteiger partial charge < -0.3 is 10.6 Å². The summed E-state index contributed by atoms with van der Waals surface area (Å²) in [6.07, 6.45) is -4.45. The van der Waals surface area contributed by atoms with Crippen molar-refractivity contribution in [3.05, 3.63) is 59.7 Å². The molecule has 0 saturated heterocycles. The Balaban J connectivity index is 2.09. The fraction of sp³-hybridized carbons (Fsp3) is 0.263. The quantitative estimate of drug-likeness (QED) is 0.778. The Hall–Kier alpha value is -2.83. The molecule has 0 spiro atoms. The van der Waals surface area contributed by atoms with Crippen molar-refractivity contribution in [2.75, 3.05) is 10.6 Å². The van der Waals surface area contributed by atoms with Gasteiger partial charge in [0.1, 0.15) is 5.41 Å². The average Bonchev–Trinajstić information content (AvgIpc) is 2.56. The first-order chi connectivity index (χ1) is 12.0. The second kappa shape index (κ2) is 7.19. The van der Waals surface area contributed by atoms with Crippen molar-refractivity contribution in [2.24, 2.45) is 5.41 Å². The number of nitrogens with one attached hydrogen (secondary N) is 2. The van der Waals surface area contributed by atoms with Crippen LogP contribution >= 0.6 is 0 Å². The monoisotopic (exact) mass is 364 g/mol. The van der Waals surface area contributed by atoms with E-state index in [1.807, 2.05) is 19.1 Å². The number of amides is 2. The number of alkyl halides is 3. The summed E-state index contributed by atoms with van der Waals surface area (Å²) in [5.41, 5.74) is -0.620. The van der Waals surface area contributed by atoms with Gasteiger partial charge >= 0.3 is 6.18 Å². The van der Waals surface area contributed by atoms with E-state index in [0.29, 0.717) is 5.69 Å². The van der Waals surface area contributed by atoms with Crippen molar-refractivity contribution in [1.82, 2.24) is 0 Å². The average molecular weight is 364 g/mol. The second-order valence-corrected chi connectivity index (χ2v) is 6.42. The van der Waals surface area contributed by atoms with Crippen molar-refractivity contribution in [3.8, 4) is 0 Å². The van der Waals surface area contributed by atoms with Crippen LogP contribution in [0.5, 0.6) is 0 Å². The number of halogens is 3. The number of hydrogen-bond donors (Lipinski definition) is 2. The maximum absolute atomic E-state index is 12.6. The number of para-hydroxylation sites is 1. The summed E-state index contributed by atoms with van der Waals surface area (Å²) >= 11 is 0. The van der Waals surface area contributed by atoms with Crippen molar-refractivity contribution in [3.63, 3.8) is 0 Å². The number of carbonyl (C=O) groups excluding carboxylic acids is 2. The Morgan fingerprint density at radius 2 is 1.38 bits per heavy atom. The Bertz CT molecular complexity index is 812. The van der Waals surface area contributed by atoms with Gasteiger partial charge in [-0.05, 0) is 56.7 Å². The molecule has 26 heavy (non-hydrogen) atoms. The number of carbonyl (C=O) groups is 2. The molecule has 0 radical (unpaired) electrons. The normalized spacial score (nSPS) is 11.8. The Morgan fingerprint density at radius 1 is 0.846 bits per heavy atom. The first-order valence-corrected chi connectivity index (χ1v) is 7.87. The van der Waals surface area contributed by atoms with E-state index in [9.17, 15) is 22.8 Å². The number of aryl methyl sites for hydroxylation is 1. The maximum atomic E-state index is 12.6. The van der Waals surface area contributed by atoms with Crippen molar-refractivity contribution in [1.29, 1.82) is 0 Å². The van der Waals surface area contributed by atoms with E-state index in [1.54, 1.807) is 12.1 Å². The molecule has 2 rings (SSSR count). The van der Waals surface area contributed by atoms with E-state index in [2.05, 4.69) is 10.6 Å². The number of hydrogen-bond acceptors (Lipinski definition) is 2. The summed E-state index contributed by atoms with van der Waals surface area (Å²) < 4.78 is 37.7. The lowest BCUT2D eigenvalue weighted by atomic mass is 9.90. The molecule has 0 bridgehead atoms. The van der Waals surface area contributed by atoms with Gasteiger partial charge in [0.25, 0.3) is 0 Å². The van der Waals surface area contributed by atoms with E-state index < -0.39 is 29.0 Å². The molecule has 2 aromatic carbocycles. The van der Waals surface area contributed by atoms with Crippen LogP contribution in [0.25, 0.3) is 0 Å². The van der Waals surface area contributed by atoms with Gasteiger partial charge in [0.2, 0.25) is 11.8 Å². The second-order valence-electron chi connectivity index (χ2n) is 6.42. The summed E-state index contributed by atoms with van der Waals surface area (Å²) in [5.74, 6) is -1.14. The summed E-state index contributed by atoms with van der Waals surface area (Å²) in [6, 6.07) is 11.2. The fourth-order valence-corrected chi connectivity index (χ4v) is 2.12. The molecular weight excluding hydrogens is 345 g/mol. The molecule has 4 nitrogen and oxygen atoms in total. The minimum atomic E-state index is -4.45. The first-order valence-electron chi connectivity index (χ1n) is 7.87. The van der Waals surface area contributed by atoms with Crippen LogP contribution in [-0.2, 0) is 15.8 Å². The number of benzene rings is 2. The lowest BCUT2D eigenvalue weighted by Gasteiger charge is -2.23. The van der Waals surface area contributed by atoms with Crippen LogP contribution in [0.15, 0.2) is 48.5 Å². The van der Waals surface area contributed by atoms with Crippen molar-refractivity contribution < 1.29 is 22.8 Å². The molecule has 0 fully saturated rings. The van der Waals surface area contributed by atoms with Gasteiger partial charge in [-0.15, -0.1) is 0 Å². The number of rotatable bonds is 4. The van der Waals surface area contributed by atoms with Gasteiger partial charge in [0.05, 0.1) is 5.56 Å². The molecule has 0 aliphatic heterocycles. The molecular formula is C19H19F3N2O2. The van der Waals surface area contributed by atoms with Crippen molar-refractivity contribution in [2.45, 2.75) is 26.9 Å². The predicted octanol–water partition coefficient (Wildman–Crippen LogP) is 4.62. The molecule has 2 N–H and O–H groups in total. The highest BCUT2D eigenvalue weighted by atomic mass is 19.4. The molecule has 0 aliphatic carbocycles. The van der Waals surface area contributed by atoms with E-state index in [4.69, 9.17) is 0 Å². The van der Waals surface area contributed by atoms with E-state index in [-0.39, 0.29) is 5.69 Å². The largest absolute Gasteiger partial charge is 0.416 e. The van der Waals surface area contributed by atoms with E-state index in [0.717, 1.165) is 29.8 Å². The van der Waals surface area contributed by atoms with Gasteiger partial charge in [0, 0.05) is 11.4 Å². The molecule has 138 valence electrons. The zero-order valence-corrected chi connectivity index (χ0v) is 14.6. The highest BCUT2D eigenvalue weighted by molar-refractivity contribution is 6.14. The third-order valence-electron chi connectivity index (χ3n) is 4.00. The summed E-state index contributed by atoms with van der Waals surface area (Å²) in [4.78, 5) is 24.9. The van der Waals surface area contributed by atoms with Gasteiger partial charge in [-0.25, -0.2) is 0 Å². The zero-order chi connectivity index (χ0) is 19.5. The SMILES string of the molecule is Cc1ccccc1NC(=O)C(C)(C)C(=O)Nc1ccc(C(F)(F)F)cc1. The molecule has 0 aromatic heterocycles. The third-order valence-corrected chi connectivity index (χ3v) is 4.00. The summed E-state index contributed by atoms with van der Waals surface area (Å²) in [7, 11) is 0. The first kappa shape index (κ1) is 19.5. The van der Waals surface area contributed by atoms with Gasteiger partial charge in [-0.1, -0.05) is 18.2 Å². The Kier molecular flexibility index (Phi) is 5.39. The molecule has 0 heterocycles. The van der Waals surface area contributed by atoms with Gasteiger partial charge in [-0.2, -0.15) is 13.2 Å². The van der Waals surface area contributed by atoms with E-state index in [1.165, 1.54) is 13.8 Å². The van der Waals surface area contributed by atoms with Gasteiger partial charge in [0.15, 0.2) is 0 Å². The van der Waals surface area contributed by atoms with Crippen LogP contribution in [0.3, 0.4) is 0 Å². The lowest BCUT2D eigenvalue weighted by Crippen LogP contribution is -2.41. The van der Waals surface area contributed by atoms with Crippen LogP contribution < -0.4 is 10.6 Å². The Labute approximate surface area is 149 Å². The zero-order valence-electron chi connectivity index (χ0n) is 14.6. The molecule has 2 aromatic rings. The minimum Gasteiger partial charge on any atom is -0.325 e. The molecule has 0 aliphatic rings. The summed E-state index contributed by atoms with van der Waals surface area (Å²) in [5, 5.41) is 5.17. The molecule has 2 amide bonds. The van der Waals surface area contributed by atoms with E-state index >= 15 is 0 Å². The highest BCUT2D eigenvalue weighted by Crippen LogP contribution is 2.30. The van der Waals surface area contributed by atoms with Crippen molar-refractivity contribution >= 4 is 23.2 Å². The molecule has 0 atom stereocenters. The van der Waals surface area contributed by atoms with Crippen LogP contribution in [0.4, 0.5) is 24.5 Å². The highest BCUT2D eigenvalue weighted by Gasteiger charge is 2.36. The summed E-state index contributed by atoms with van der Waals surface area (Å²) in [6.45, 7) is 4.71. The molecule has 0 unspecified atom stereocenters. The van der Waals surface area contributed by atoms with Crippen LogP contribution in [0.2, 0.25) is 0 Å². The van der Waals surface area contributed by atoms with Crippen LogP contribution in [0.1, 0.15) is 25.0 Å². The third kappa shape index (κ3) is 4.41.